The standard InChI is InChI=1S/C20H28F2N4O/c1-12(2)19(27)26-9-7-13(8-10-26)24-20(23-3)25-17-11-14(17)18-15(21)5-4-6-16(18)22/h4-6,12-14,17H,7-11H2,1-3H3,(H2,23,24,25). The van der Waals surface area contributed by atoms with E-state index < -0.39 is 11.6 Å². The zero-order chi connectivity index (χ0) is 19.6. The third-order valence-corrected chi connectivity index (χ3v) is 5.35. The minimum Gasteiger partial charge on any atom is -0.354 e. The summed E-state index contributed by atoms with van der Waals surface area (Å²) in [7, 11) is 1.69. The molecule has 1 aliphatic heterocycles. The molecule has 1 amide bonds. The molecular weight excluding hydrogens is 350 g/mol. The van der Waals surface area contributed by atoms with Gasteiger partial charge >= 0.3 is 0 Å². The highest BCUT2D eigenvalue weighted by Gasteiger charge is 2.42. The minimum absolute atomic E-state index is 0.0227. The summed E-state index contributed by atoms with van der Waals surface area (Å²) in [5.74, 6) is -0.287. The van der Waals surface area contributed by atoms with Gasteiger partial charge in [0.25, 0.3) is 0 Å². The smallest absolute Gasteiger partial charge is 0.225 e. The SMILES string of the molecule is CN=C(NC1CCN(C(=O)C(C)C)CC1)NC1CC1c1c(F)cccc1F. The predicted molar refractivity (Wildman–Crippen MR) is 102 cm³/mol. The highest BCUT2D eigenvalue weighted by atomic mass is 19.1. The number of guanidine groups is 1. The van der Waals surface area contributed by atoms with Crippen LogP contribution in [0.15, 0.2) is 23.2 Å². The van der Waals surface area contributed by atoms with Crippen molar-refractivity contribution in [2.24, 2.45) is 10.9 Å². The molecule has 7 heteroatoms. The average Bonchev–Trinajstić information content (AvgIpc) is 3.39. The molecule has 1 saturated heterocycles. The molecule has 0 spiro atoms. The fourth-order valence-corrected chi connectivity index (χ4v) is 3.69. The molecule has 0 bridgehead atoms. The summed E-state index contributed by atoms with van der Waals surface area (Å²) >= 11 is 0. The average molecular weight is 378 g/mol. The van der Waals surface area contributed by atoms with Crippen molar-refractivity contribution in [2.45, 2.75) is 51.1 Å². The number of aliphatic imine (C=N–C) groups is 1. The van der Waals surface area contributed by atoms with Gasteiger partial charge in [-0.15, -0.1) is 0 Å². The Morgan fingerprint density at radius 1 is 1.19 bits per heavy atom. The molecule has 27 heavy (non-hydrogen) atoms. The minimum atomic E-state index is -0.491. The van der Waals surface area contributed by atoms with Crippen LogP contribution in [0.5, 0.6) is 0 Å². The number of hydrogen-bond donors (Lipinski definition) is 2. The molecule has 3 rings (SSSR count). The van der Waals surface area contributed by atoms with Crippen molar-refractivity contribution in [2.75, 3.05) is 20.1 Å². The van der Waals surface area contributed by atoms with E-state index in [0.29, 0.717) is 12.4 Å². The Kier molecular flexibility index (Phi) is 5.97. The number of hydrogen-bond acceptors (Lipinski definition) is 2. The summed E-state index contributed by atoms with van der Waals surface area (Å²) in [5.41, 5.74) is 0.158. The zero-order valence-electron chi connectivity index (χ0n) is 16.1. The molecule has 1 aromatic carbocycles. The van der Waals surface area contributed by atoms with Gasteiger partial charge in [0.2, 0.25) is 5.91 Å². The highest BCUT2D eigenvalue weighted by Crippen LogP contribution is 2.43. The van der Waals surface area contributed by atoms with Gasteiger partial charge < -0.3 is 15.5 Å². The van der Waals surface area contributed by atoms with E-state index in [-0.39, 0.29) is 35.4 Å². The lowest BCUT2D eigenvalue weighted by atomic mass is 10.0. The molecule has 0 radical (unpaired) electrons. The molecule has 2 atom stereocenters. The fraction of sp³-hybridized carbons (Fsp3) is 0.600. The monoisotopic (exact) mass is 378 g/mol. The first-order chi connectivity index (χ1) is 12.9. The lowest BCUT2D eigenvalue weighted by molar-refractivity contribution is -0.135. The van der Waals surface area contributed by atoms with Crippen LogP contribution in [0.4, 0.5) is 8.78 Å². The van der Waals surface area contributed by atoms with Crippen molar-refractivity contribution in [1.29, 1.82) is 0 Å². The van der Waals surface area contributed by atoms with E-state index in [2.05, 4.69) is 15.6 Å². The molecule has 1 aliphatic carbocycles. The van der Waals surface area contributed by atoms with Crippen LogP contribution in [0.2, 0.25) is 0 Å². The maximum Gasteiger partial charge on any atom is 0.225 e. The second kappa shape index (κ2) is 8.23. The van der Waals surface area contributed by atoms with E-state index in [1.807, 2.05) is 18.7 Å². The molecular formula is C20H28F2N4O. The van der Waals surface area contributed by atoms with Crippen LogP contribution in [-0.4, -0.2) is 49.0 Å². The number of carbonyl (C=O) groups is 1. The second-order valence-electron chi connectivity index (χ2n) is 7.70. The highest BCUT2D eigenvalue weighted by molar-refractivity contribution is 5.81. The summed E-state index contributed by atoms with van der Waals surface area (Å²) in [4.78, 5) is 18.2. The van der Waals surface area contributed by atoms with Crippen LogP contribution >= 0.6 is 0 Å². The molecule has 1 aromatic rings. The first kappa shape index (κ1) is 19.6. The number of likely N-dealkylation sites (tertiary alicyclic amines) is 1. The van der Waals surface area contributed by atoms with Gasteiger partial charge in [-0.25, -0.2) is 8.78 Å². The molecule has 2 unspecified atom stereocenters. The maximum atomic E-state index is 13.9. The molecule has 1 saturated carbocycles. The zero-order valence-corrected chi connectivity index (χ0v) is 16.1. The largest absolute Gasteiger partial charge is 0.354 e. The van der Waals surface area contributed by atoms with Crippen LogP contribution in [0.1, 0.15) is 44.6 Å². The Labute approximate surface area is 159 Å². The number of benzene rings is 1. The van der Waals surface area contributed by atoms with E-state index in [4.69, 9.17) is 0 Å². The topological polar surface area (TPSA) is 56.7 Å². The Hall–Kier alpha value is -2.18. The Morgan fingerprint density at radius 3 is 2.37 bits per heavy atom. The van der Waals surface area contributed by atoms with Crippen LogP contribution in [0, 0.1) is 17.6 Å². The van der Waals surface area contributed by atoms with Crippen molar-refractivity contribution in [1.82, 2.24) is 15.5 Å². The summed E-state index contributed by atoms with van der Waals surface area (Å²) in [5, 5.41) is 6.65. The van der Waals surface area contributed by atoms with Crippen molar-refractivity contribution >= 4 is 11.9 Å². The van der Waals surface area contributed by atoms with Crippen molar-refractivity contribution in [3.05, 3.63) is 35.4 Å². The Morgan fingerprint density at radius 2 is 1.81 bits per heavy atom. The van der Waals surface area contributed by atoms with Gasteiger partial charge in [0.05, 0.1) is 0 Å². The molecule has 148 valence electrons. The molecule has 2 aliphatic rings. The summed E-state index contributed by atoms with van der Waals surface area (Å²) in [6, 6.07) is 4.19. The van der Waals surface area contributed by atoms with Gasteiger partial charge in [-0.05, 0) is 31.4 Å². The molecule has 5 nitrogen and oxygen atoms in total. The molecule has 2 fully saturated rings. The van der Waals surface area contributed by atoms with Gasteiger partial charge in [0.1, 0.15) is 11.6 Å². The number of nitrogens with one attached hydrogen (secondary N) is 2. The third-order valence-electron chi connectivity index (χ3n) is 5.35. The second-order valence-corrected chi connectivity index (χ2v) is 7.70. The van der Waals surface area contributed by atoms with Gasteiger partial charge in [-0.3, -0.25) is 9.79 Å². The first-order valence-corrected chi connectivity index (χ1v) is 9.63. The number of nitrogens with zero attached hydrogens (tertiary/aromatic N) is 2. The quantitative estimate of drug-likeness (QED) is 0.626. The lowest BCUT2D eigenvalue weighted by Gasteiger charge is -2.34. The first-order valence-electron chi connectivity index (χ1n) is 9.63. The normalized spacial score (nSPS) is 23.5. The van der Waals surface area contributed by atoms with E-state index in [1.54, 1.807) is 7.05 Å². The van der Waals surface area contributed by atoms with Gasteiger partial charge in [0.15, 0.2) is 5.96 Å². The van der Waals surface area contributed by atoms with Gasteiger partial charge in [-0.2, -0.15) is 0 Å². The van der Waals surface area contributed by atoms with Crippen LogP contribution < -0.4 is 10.6 Å². The van der Waals surface area contributed by atoms with Crippen LogP contribution in [0.25, 0.3) is 0 Å². The van der Waals surface area contributed by atoms with E-state index >= 15 is 0 Å². The van der Waals surface area contributed by atoms with Crippen molar-refractivity contribution < 1.29 is 13.6 Å². The van der Waals surface area contributed by atoms with E-state index in [0.717, 1.165) is 25.9 Å². The summed E-state index contributed by atoms with van der Waals surface area (Å²) in [6.45, 7) is 5.31. The molecule has 0 aromatic heterocycles. The lowest BCUT2D eigenvalue weighted by Crippen LogP contribution is -2.50. The van der Waals surface area contributed by atoms with E-state index in [9.17, 15) is 13.6 Å². The van der Waals surface area contributed by atoms with Crippen molar-refractivity contribution in [3.8, 4) is 0 Å². The fourth-order valence-electron chi connectivity index (χ4n) is 3.69. The number of halogens is 2. The Balaban J connectivity index is 1.50. The summed E-state index contributed by atoms with van der Waals surface area (Å²) < 4.78 is 27.8. The van der Waals surface area contributed by atoms with Crippen LogP contribution in [-0.2, 0) is 4.79 Å². The third kappa shape index (κ3) is 4.57. The number of piperidine rings is 1. The van der Waals surface area contributed by atoms with Gasteiger partial charge in [-0.1, -0.05) is 19.9 Å². The Bertz CT molecular complexity index is 694. The van der Waals surface area contributed by atoms with Crippen LogP contribution in [0.3, 0.4) is 0 Å². The van der Waals surface area contributed by atoms with Gasteiger partial charge in [0, 0.05) is 49.6 Å². The molecule has 2 N–H and O–H groups in total. The summed E-state index contributed by atoms with van der Waals surface area (Å²) in [6.07, 6.45) is 2.39. The number of rotatable bonds is 4. The maximum absolute atomic E-state index is 13.9. The molecule has 1 heterocycles. The van der Waals surface area contributed by atoms with E-state index in [1.165, 1.54) is 18.2 Å². The predicted octanol–water partition coefficient (Wildman–Crippen LogP) is 2.63. The number of carbonyl (C=O) groups excluding carboxylic acids is 1. The number of amides is 1. The van der Waals surface area contributed by atoms with Crippen molar-refractivity contribution in [3.63, 3.8) is 0 Å².